The molecule has 0 heterocycles. The van der Waals surface area contributed by atoms with Gasteiger partial charge in [-0.2, -0.15) is 5.48 Å². The fourth-order valence-corrected chi connectivity index (χ4v) is 2.63. The van der Waals surface area contributed by atoms with Crippen molar-refractivity contribution in [3.63, 3.8) is 0 Å². The molecule has 0 aliphatic carbocycles. The molecule has 4 nitrogen and oxygen atoms in total. The Morgan fingerprint density at radius 2 is 1.29 bits per heavy atom. The summed E-state index contributed by atoms with van der Waals surface area (Å²) >= 11 is 0. The van der Waals surface area contributed by atoms with E-state index in [9.17, 15) is 10.3 Å². The van der Waals surface area contributed by atoms with Crippen molar-refractivity contribution in [1.29, 1.82) is 0 Å². The number of nitrogens with two attached hydrogens (primary N) is 1. The smallest absolute Gasteiger partial charge is 0.148 e. The largest absolute Gasteiger partial charge is 0.377 e. The lowest BCUT2D eigenvalue weighted by molar-refractivity contribution is -0.105. The van der Waals surface area contributed by atoms with E-state index in [4.69, 9.17) is 5.73 Å². The summed E-state index contributed by atoms with van der Waals surface area (Å²) in [4.78, 5) is 0. The Balaban J connectivity index is 2.71. The SMILES string of the molecule is CC(C)[C@](N)(NO)C(O)(c1ccccc1)c1ccccc1. The summed E-state index contributed by atoms with van der Waals surface area (Å²) in [7, 11) is 0. The minimum Gasteiger partial charge on any atom is -0.377 e. The van der Waals surface area contributed by atoms with Crippen LogP contribution in [0.1, 0.15) is 25.0 Å². The van der Waals surface area contributed by atoms with Gasteiger partial charge in [-0.05, 0) is 17.0 Å². The molecule has 0 saturated heterocycles. The second-order valence-corrected chi connectivity index (χ2v) is 5.58. The molecule has 0 bridgehead atoms. The normalized spacial score (nSPS) is 15.0. The Morgan fingerprint density at radius 1 is 0.905 bits per heavy atom. The predicted octanol–water partition coefficient (Wildman–Crippen LogP) is 2.21. The van der Waals surface area contributed by atoms with Crippen LogP contribution in [0.3, 0.4) is 0 Å². The van der Waals surface area contributed by atoms with Crippen molar-refractivity contribution in [3.8, 4) is 0 Å². The molecule has 0 spiro atoms. The minimum absolute atomic E-state index is 0.229. The van der Waals surface area contributed by atoms with Crippen molar-refractivity contribution in [1.82, 2.24) is 5.48 Å². The highest BCUT2D eigenvalue weighted by atomic mass is 16.5. The summed E-state index contributed by atoms with van der Waals surface area (Å²) in [5.74, 6) is -0.229. The predicted molar refractivity (Wildman–Crippen MR) is 82.6 cm³/mol. The highest BCUT2D eigenvalue weighted by Gasteiger charge is 2.52. The molecule has 0 fully saturated rings. The molecule has 0 radical (unpaired) electrons. The van der Waals surface area contributed by atoms with Crippen molar-refractivity contribution in [2.24, 2.45) is 11.7 Å². The maximum absolute atomic E-state index is 11.5. The third-order valence-corrected chi connectivity index (χ3v) is 4.08. The zero-order valence-electron chi connectivity index (χ0n) is 12.3. The van der Waals surface area contributed by atoms with Crippen LogP contribution in [-0.2, 0) is 5.60 Å². The second kappa shape index (κ2) is 5.95. The van der Waals surface area contributed by atoms with Gasteiger partial charge >= 0.3 is 0 Å². The standard InChI is InChI=1S/C17H22N2O2/c1-13(2)17(18,19-21)16(20,14-9-5-3-6-10-14)15-11-7-4-8-12-15/h3-13,19-21H,18H2,1-2H3/t17-/m0/s1. The monoisotopic (exact) mass is 286 g/mol. The van der Waals surface area contributed by atoms with Crippen LogP contribution in [0, 0.1) is 5.92 Å². The minimum atomic E-state index is -1.57. The lowest BCUT2D eigenvalue weighted by atomic mass is 9.71. The Labute approximate surface area is 125 Å². The van der Waals surface area contributed by atoms with Gasteiger partial charge in [0.25, 0.3) is 0 Å². The van der Waals surface area contributed by atoms with Gasteiger partial charge in [0, 0.05) is 0 Å². The fraction of sp³-hybridized carbons (Fsp3) is 0.294. The Hall–Kier alpha value is -1.72. The molecule has 0 aromatic heterocycles. The summed E-state index contributed by atoms with van der Waals surface area (Å²) in [5, 5.41) is 21.2. The molecule has 21 heavy (non-hydrogen) atoms. The van der Waals surface area contributed by atoms with E-state index in [-0.39, 0.29) is 5.92 Å². The first-order chi connectivity index (χ1) is 9.96. The highest BCUT2D eigenvalue weighted by Crippen LogP contribution is 2.40. The van der Waals surface area contributed by atoms with Crippen molar-refractivity contribution in [3.05, 3.63) is 71.8 Å². The summed E-state index contributed by atoms with van der Waals surface area (Å²) in [5.41, 5.74) is 6.75. The first kappa shape index (κ1) is 15.7. The number of benzene rings is 2. The van der Waals surface area contributed by atoms with Crippen LogP contribution >= 0.6 is 0 Å². The van der Waals surface area contributed by atoms with Crippen molar-refractivity contribution < 1.29 is 10.3 Å². The molecular weight excluding hydrogens is 264 g/mol. The van der Waals surface area contributed by atoms with E-state index in [2.05, 4.69) is 5.48 Å². The van der Waals surface area contributed by atoms with Gasteiger partial charge in [0.2, 0.25) is 0 Å². The van der Waals surface area contributed by atoms with Crippen molar-refractivity contribution in [2.75, 3.05) is 0 Å². The summed E-state index contributed by atoms with van der Waals surface area (Å²) < 4.78 is 0. The number of hydroxylamine groups is 1. The van der Waals surface area contributed by atoms with Crippen LogP contribution in [0.5, 0.6) is 0 Å². The number of hydrogen-bond donors (Lipinski definition) is 4. The van der Waals surface area contributed by atoms with E-state index in [1.165, 1.54) is 0 Å². The number of aliphatic hydroxyl groups is 1. The van der Waals surface area contributed by atoms with Gasteiger partial charge in [-0.25, -0.2) is 0 Å². The van der Waals surface area contributed by atoms with Gasteiger partial charge < -0.3 is 16.0 Å². The molecule has 1 atom stereocenters. The van der Waals surface area contributed by atoms with Crippen LogP contribution in [0.4, 0.5) is 0 Å². The van der Waals surface area contributed by atoms with Gasteiger partial charge in [-0.15, -0.1) is 0 Å². The molecule has 2 aromatic rings. The number of hydrogen-bond acceptors (Lipinski definition) is 4. The topological polar surface area (TPSA) is 78.5 Å². The third kappa shape index (κ3) is 2.47. The van der Waals surface area contributed by atoms with Crippen LogP contribution in [0.25, 0.3) is 0 Å². The van der Waals surface area contributed by atoms with Gasteiger partial charge in [-0.3, -0.25) is 0 Å². The van der Waals surface area contributed by atoms with Crippen molar-refractivity contribution in [2.45, 2.75) is 25.1 Å². The maximum Gasteiger partial charge on any atom is 0.148 e. The van der Waals surface area contributed by atoms with E-state index in [0.717, 1.165) is 0 Å². The summed E-state index contributed by atoms with van der Waals surface area (Å²) in [6, 6.07) is 18.3. The molecule has 2 aromatic carbocycles. The average molecular weight is 286 g/mol. The second-order valence-electron chi connectivity index (χ2n) is 5.58. The Bertz CT molecular complexity index is 532. The van der Waals surface area contributed by atoms with Crippen LogP contribution in [-0.4, -0.2) is 16.0 Å². The molecule has 0 unspecified atom stereocenters. The van der Waals surface area contributed by atoms with E-state index in [0.29, 0.717) is 11.1 Å². The van der Waals surface area contributed by atoms with Crippen LogP contribution in [0.2, 0.25) is 0 Å². The summed E-state index contributed by atoms with van der Waals surface area (Å²) in [6.07, 6.45) is 0. The van der Waals surface area contributed by atoms with Crippen LogP contribution < -0.4 is 11.2 Å². The quantitative estimate of drug-likeness (QED) is 0.502. The van der Waals surface area contributed by atoms with E-state index in [1.54, 1.807) is 24.3 Å². The van der Waals surface area contributed by atoms with E-state index in [1.807, 2.05) is 50.2 Å². The van der Waals surface area contributed by atoms with Gasteiger partial charge in [0.15, 0.2) is 0 Å². The van der Waals surface area contributed by atoms with E-state index < -0.39 is 11.3 Å². The van der Waals surface area contributed by atoms with Gasteiger partial charge in [0.05, 0.1) is 0 Å². The zero-order chi connectivity index (χ0) is 15.5. The van der Waals surface area contributed by atoms with Crippen LogP contribution in [0.15, 0.2) is 60.7 Å². The molecular formula is C17H22N2O2. The molecule has 0 saturated carbocycles. The number of nitrogens with one attached hydrogen (secondary N) is 1. The Kier molecular flexibility index (Phi) is 4.44. The zero-order valence-corrected chi connectivity index (χ0v) is 12.3. The third-order valence-electron chi connectivity index (χ3n) is 4.08. The highest BCUT2D eigenvalue weighted by molar-refractivity contribution is 5.40. The maximum atomic E-state index is 11.5. The molecule has 2 rings (SSSR count). The van der Waals surface area contributed by atoms with E-state index >= 15 is 0 Å². The van der Waals surface area contributed by atoms with Gasteiger partial charge in [0.1, 0.15) is 11.3 Å². The molecule has 0 aliphatic rings. The Morgan fingerprint density at radius 3 is 1.57 bits per heavy atom. The molecule has 5 N–H and O–H groups in total. The van der Waals surface area contributed by atoms with Gasteiger partial charge in [-0.1, -0.05) is 74.5 Å². The molecule has 0 aliphatic heterocycles. The molecule has 112 valence electrons. The lowest BCUT2D eigenvalue weighted by Crippen LogP contribution is -2.70. The molecule has 4 heteroatoms. The number of rotatable bonds is 5. The van der Waals surface area contributed by atoms with Crippen molar-refractivity contribution >= 4 is 0 Å². The molecule has 0 amide bonds. The average Bonchev–Trinajstić information content (AvgIpc) is 2.54. The fourth-order valence-electron chi connectivity index (χ4n) is 2.63. The summed E-state index contributed by atoms with van der Waals surface area (Å²) in [6.45, 7) is 3.69. The first-order valence-electron chi connectivity index (χ1n) is 7.00. The lowest BCUT2D eigenvalue weighted by Gasteiger charge is -2.47. The first-order valence-corrected chi connectivity index (χ1v) is 7.00.